The van der Waals surface area contributed by atoms with Crippen LogP contribution >= 0.6 is 11.8 Å². The Balaban J connectivity index is 1.80. The Kier molecular flexibility index (Phi) is 5.16. The molecule has 29 heavy (non-hydrogen) atoms. The molecule has 1 aliphatic rings. The number of allylic oxidation sites excluding steroid dienone is 2. The highest BCUT2D eigenvalue weighted by molar-refractivity contribution is 8.04. The minimum Gasteiger partial charge on any atom is -0.288 e. The molecule has 0 radical (unpaired) electrons. The minimum absolute atomic E-state index is 0.106. The Bertz CT molecular complexity index is 1230. The lowest BCUT2D eigenvalue weighted by molar-refractivity contribution is 0.104. The number of aromatic amines is 1. The van der Waals surface area contributed by atoms with E-state index in [4.69, 9.17) is 0 Å². The highest BCUT2D eigenvalue weighted by Crippen LogP contribution is 2.32. The number of benzene rings is 2. The summed E-state index contributed by atoms with van der Waals surface area (Å²) in [6.45, 7) is 2.00. The second kappa shape index (κ2) is 7.76. The minimum atomic E-state index is -3.94. The van der Waals surface area contributed by atoms with Crippen LogP contribution in [-0.4, -0.2) is 35.1 Å². The zero-order valence-electron chi connectivity index (χ0n) is 15.4. The van der Waals surface area contributed by atoms with E-state index in [0.29, 0.717) is 21.2 Å². The van der Waals surface area contributed by atoms with E-state index in [-0.39, 0.29) is 16.4 Å². The van der Waals surface area contributed by atoms with Crippen molar-refractivity contribution in [3.8, 4) is 0 Å². The average Bonchev–Trinajstić information content (AvgIpc) is 3.24. The maximum atomic E-state index is 12.9. The van der Waals surface area contributed by atoms with Gasteiger partial charge in [0.05, 0.1) is 15.5 Å². The number of nitrogens with one attached hydrogen (secondary N) is 1. The molecule has 0 saturated heterocycles. The van der Waals surface area contributed by atoms with Crippen molar-refractivity contribution in [2.75, 3.05) is 0 Å². The van der Waals surface area contributed by atoms with Crippen molar-refractivity contribution >= 4 is 33.3 Å². The lowest BCUT2D eigenvalue weighted by Gasteiger charge is -2.16. The lowest BCUT2D eigenvalue weighted by atomic mass is 9.94. The number of ketones is 1. The van der Waals surface area contributed by atoms with Crippen LogP contribution in [0.2, 0.25) is 0 Å². The van der Waals surface area contributed by atoms with Crippen molar-refractivity contribution in [3.05, 3.63) is 82.5 Å². The first-order valence-electron chi connectivity index (χ1n) is 8.81. The molecule has 7 nitrogen and oxygen atoms in total. The summed E-state index contributed by atoms with van der Waals surface area (Å²) >= 11 is 1.08. The van der Waals surface area contributed by atoms with Gasteiger partial charge in [0.2, 0.25) is 5.78 Å². The molecular weight excluding hydrogens is 408 g/mol. The number of thioether (sulfide) groups is 1. The van der Waals surface area contributed by atoms with E-state index in [9.17, 15) is 13.2 Å². The SMILES string of the molecule is CCc1ccc(S(=O)(=O)/N=C2/C=C(Sc3ncn[nH]3)C(=O)c3ccccc32)cc1. The number of sulfonamides is 1. The normalized spacial score (nSPS) is 15.3. The predicted molar refractivity (Wildman–Crippen MR) is 111 cm³/mol. The summed E-state index contributed by atoms with van der Waals surface area (Å²) in [5.74, 6) is -0.217. The summed E-state index contributed by atoms with van der Waals surface area (Å²) in [5, 5.41) is 6.88. The fourth-order valence-corrected chi connectivity index (χ4v) is 4.66. The van der Waals surface area contributed by atoms with Crippen LogP contribution in [0.15, 0.2) is 80.3 Å². The summed E-state index contributed by atoms with van der Waals surface area (Å²) in [6.07, 6.45) is 3.63. The first-order valence-corrected chi connectivity index (χ1v) is 11.1. The zero-order chi connectivity index (χ0) is 20.4. The molecule has 1 aliphatic carbocycles. The molecule has 0 bridgehead atoms. The van der Waals surface area contributed by atoms with Gasteiger partial charge in [0.25, 0.3) is 10.0 Å². The standard InChI is InChI=1S/C20H16N4O3S2/c1-2-13-7-9-14(10-8-13)29(26,27)24-17-11-18(28-20-21-12-22-23-20)19(25)16-6-4-3-5-15(16)17/h3-12H,2H2,1H3,(H,21,22,23)/b24-17-. The third-order valence-corrected chi connectivity index (χ3v) is 6.60. The van der Waals surface area contributed by atoms with Gasteiger partial charge in [-0.2, -0.15) is 17.9 Å². The number of hydrogen-bond donors (Lipinski definition) is 1. The van der Waals surface area contributed by atoms with Crippen molar-refractivity contribution in [1.29, 1.82) is 0 Å². The third kappa shape index (κ3) is 3.92. The van der Waals surface area contributed by atoms with Crippen molar-refractivity contribution < 1.29 is 13.2 Å². The summed E-state index contributed by atoms with van der Waals surface area (Å²) in [7, 11) is -3.94. The molecule has 0 unspecified atom stereocenters. The number of carbonyl (C=O) groups excluding carboxylic acids is 1. The number of H-pyrrole nitrogens is 1. The Hall–Kier alpha value is -3.04. The smallest absolute Gasteiger partial charge is 0.282 e. The van der Waals surface area contributed by atoms with Crippen LogP contribution in [-0.2, 0) is 16.4 Å². The van der Waals surface area contributed by atoms with Gasteiger partial charge in [-0.05, 0) is 42.0 Å². The highest BCUT2D eigenvalue weighted by Gasteiger charge is 2.27. The van der Waals surface area contributed by atoms with Crippen LogP contribution in [0.5, 0.6) is 0 Å². The summed E-state index contributed by atoms with van der Waals surface area (Å²) < 4.78 is 29.8. The topological polar surface area (TPSA) is 105 Å². The Labute approximate surface area is 172 Å². The van der Waals surface area contributed by atoms with Crippen LogP contribution in [0.3, 0.4) is 0 Å². The van der Waals surface area contributed by atoms with Gasteiger partial charge in [0.1, 0.15) is 6.33 Å². The molecule has 0 atom stereocenters. The zero-order valence-corrected chi connectivity index (χ0v) is 17.0. The number of aryl methyl sites for hydroxylation is 1. The van der Waals surface area contributed by atoms with Crippen molar-refractivity contribution in [3.63, 3.8) is 0 Å². The second-order valence-corrected chi connectivity index (χ2v) is 8.86. The Morgan fingerprint density at radius 3 is 2.45 bits per heavy atom. The fraction of sp³-hybridized carbons (Fsp3) is 0.100. The van der Waals surface area contributed by atoms with Crippen LogP contribution in [0.1, 0.15) is 28.4 Å². The number of rotatable bonds is 5. The second-order valence-electron chi connectivity index (χ2n) is 6.23. The number of Topliss-reactive ketones (excluding diaryl/α,β-unsaturated/α-hetero) is 1. The van der Waals surface area contributed by atoms with Gasteiger partial charge < -0.3 is 0 Å². The Morgan fingerprint density at radius 2 is 1.79 bits per heavy atom. The fourth-order valence-electron chi connectivity index (χ4n) is 2.88. The molecule has 2 aromatic carbocycles. The van der Waals surface area contributed by atoms with E-state index < -0.39 is 10.0 Å². The van der Waals surface area contributed by atoms with E-state index in [1.54, 1.807) is 48.5 Å². The summed E-state index contributed by atoms with van der Waals surface area (Å²) in [6, 6.07) is 13.5. The van der Waals surface area contributed by atoms with E-state index in [1.165, 1.54) is 12.4 Å². The van der Waals surface area contributed by atoms with Crippen LogP contribution in [0, 0.1) is 0 Å². The third-order valence-electron chi connectivity index (χ3n) is 4.39. The first-order chi connectivity index (χ1) is 14.0. The number of aromatic nitrogens is 3. The summed E-state index contributed by atoms with van der Waals surface area (Å²) in [4.78, 5) is 17.3. The molecule has 0 aliphatic heterocycles. The monoisotopic (exact) mass is 424 g/mol. The van der Waals surface area contributed by atoms with Crippen LogP contribution < -0.4 is 0 Å². The molecule has 0 fully saturated rings. The van der Waals surface area contributed by atoms with Gasteiger partial charge in [0, 0.05) is 11.1 Å². The lowest BCUT2D eigenvalue weighted by Crippen LogP contribution is -2.17. The molecule has 1 heterocycles. The van der Waals surface area contributed by atoms with Gasteiger partial charge in [-0.3, -0.25) is 9.89 Å². The Morgan fingerprint density at radius 1 is 1.07 bits per heavy atom. The van der Waals surface area contributed by atoms with Crippen LogP contribution in [0.4, 0.5) is 0 Å². The maximum Gasteiger partial charge on any atom is 0.282 e. The van der Waals surface area contributed by atoms with E-state index >= 15 is 0 Å². The molecule has 146 valence electrons. The van der Waals surface area contributed by atoms with Crippen molar-refractivity contribution in [2.45, 2.75) is 23.4 Å². The highest BCUT2D eigenvalue weighted by atomic mass is 32.2. The molecule has 1 N–H and O–H groups in total. The van der Waals surface area contributed by atoms with E-state index in [1.807, 2.05) is 6.92 Å². The van der Waals surface area contributed by atoms with Gasteiger partial charge in [0.15, 0.2) is 5.16 Å². The van der Waals surface area contributed by atoms with Gasteiger partial charge in [-0.1, -0.05) is 43.3 Å². The molecule has 0 spiro atoms. The van der Waals surface area contributed by atoms with Crippen LogP contribution in [0.25, 0.3) is 0 Å². The van der Waals surface area contributed by atoms with Gasteiger partial charge in [-0.15, -0.1) is 0 Å². The van der Waals surface area contributed by atoms with Gasteiger partial charge >= 0.3 is 0 Å². The summed E-state index contributed by atoms with van der Waals surface area (Å²) in [5.41, 5.74) is 2.12. The molecule has 0 saturated carbocycles. The quantitative estimate of drug-likeness (QED) is 0.673. The average molecular weight is 425 g/mol. The van der Waals surface area contributed by atoms with Crippen molar-refractivity contribution in [1.82, 2.24) is 15.2 Å². The largest absolute Gasteiger partial charge is 0.288 e. The molecule has 0 amide bonds. The molecule has 3 aromatic rings. The van der Waals surface area contributed by atoms with E-state index in [2.05, 4.69) is 19.6 Å². The number of fused-ring (bicyclic) bond motifs is 1. The maximum absolute atomic E-state index is 12.9. The molecule has 1 aromatic heterocycles. The predicted octanol–water partition coefficient (Wildman–Crippen LogP) is 3.42. The molecule has 4 rings (SSSR count). The number of hydrogen-bond acceptors (Lipinski definition) is 6. The van der Waals surface area contributed by atoms with E-state index in [0.717, 1.165) is 23.7 Å². The first kappa shape index (κ1) is 19.3. The molecular formula is C20H16N4O3S2. The van der Waals surface area contributed by atoms with Gasteiger partial charge in [-0.25, -0.2) is 4.98 Å². The van der Waals surface area contributed by atoms with Crippen molar-refractivity contribution in [2.24, 2.45) is 4.40 Å². The number of nitrogens with zero attached hydrogens (tertiary/aromatic N) is 3. The molecule has 9 heteroatoms. The number of carbonyl (C=O) groups is 1.